The van der Waals surface area contributed by atoms with Crippen molar-refractivity contribution in [1.29, 1.82) is 0 Å². The lowest BCUT2D eigenvalue weighted by molar-refractivity contribution is -0.278. The molecule has 0 aliphatic carbocycles. The molecule has 1 aromatic heterocycles. The van der Waals surface area contributed by atoms with Crippen LogP contribution >= 0.6 is 0 Å². The molecule has 0 spiro atoms. The number of phenolic OH excluding ortho intramolecular Hbond substituents is 4. The highest BCUT2D eigenvalue weighted by atomic mass is 16.7. The molecule has 19 heteroatoms. The van der Waals surface area contributed by atoms with Gasteiger partial charge >= 0.3 is 17.3 Å². The average molecular weight is 788 g/mol. The summed E-state index contributed by atoms with van der Waals surface area (Å²) in [5, 5.41) is 113. The van der Waals surface area contributed by atoms with Crippen molar-refractivity contribution >= 4 is 23.0 Å². The number of aliphatic hydroxyl groups excluding tert-OH is 7. The van der Waals surface area contributed by atoms with E-state index in [4.69, 9.17) is 32.8 Å². The molecule has 2 aliphatic heterocycles. The van der Waals surface area contributed by atoms with Crippen molar-refractivity contribution in [2.24, 2.45) is 0 Å². The van der Waals surface area contributed by atoms with Gasteiger partial charge in [-0.3, -0.25) is 0 Å². The van der Waals surface area contributed by atoms with Crippen molar-refractivity contribution in [2.75, 3.05) is 20.3 Å². The molecule has 4 aromatic rings. The summed E-state index contributed by atoms with van der Waals surface area (Å²) in [6.45, 7) is -1.35. The summed E-state index contributed by atoms with van der Waals surface area (Å²) in [5.74, 6) is -2.69. The van der Waals surface area contributed by atoms with Gasteiger partial charge in [-0.05, 0) is 35.9 Å². The molecule has 0 saturated carbocycles. The number of methoxy groups -OCH3 is 1. The van der Waals surface area contributed by atoms with E-state index in [9.17, 15) is 61.0 Å². The second kappa shape index (κ2) is 16.7. The number of carbonyl (C=O) groups is 1. The van der Waals surface area contributed by atoms with Gasteiger partial charge in [-0.15, -0.1) is 0 Å². The fraction of sp³-hybridized carbons (Fsp3) is 0.351. The Morgan fingerprint density at radius 3 is 2.02 bits per heavy atom. The van der Waals surface area contributed by atoms with Gasteiger partial charge in [0.25, 0.3) is 0 Å². The number of carbonyl (C=O) groups excluding carboxylic acids is 1. The third-order valence-corrected chi connectivity index (χ3v) is 9.05. The van der Waals surface area contributed by atoms with Gasteiger partial charge in [-0.25, -0.2) is 9.21 Å². The summed E-state index contributed by atoms with van der Waals surface area (Å²) in [4.78, 5) is 12.7. The number of hydrogen-bond acceptors (Lipinski definition) is 18. The van der Waals surface area contributed by atoms with Crippen molar-refractivity contribution in [3.05, 3.63) is 66.2 Å². The summed E-state index contributed by atoms with van der Waals surface area (Å²) in [6, 6.07) is 11.6. The number of fused-ring (bicyclic) bond motifs is 1. The third-order valence-electron chi connectivity index (χ3n) is 9.05. The highest BCUT2D eigenvalue weighted by Crippen LogP contribution is 2.42. The maximum absolute atomic E-state index is 12.7. The molecule has 10 atom stereocenters. The van der Waals surface area contributed by atoms with E-state index in [0.717, 1.165) is 12.1 Å². The van der Waals surface area contributed by atoms with Crippen LogP contribution in [-0.4, -0.2) is 144 Å². The molecule has 0 unspecified atom stereocenters. The van der Waals surface area contributed by atoms with Crippen LogP contribution in [0.15, 0.2) is 65.1 Å². The van der Waals surface area contributed by atoms with Crippen LogP contribution in [0, 0.1) is 0 Å². The Morgan fingerprint density at radius 1 is 0.714 bits per heavy atom. The lowest BCUT2D eigenvalue weighted by Gasteiger charge is -2.39. The Hall–Kier alpha value is -5.48. The quantitative estimate of drug-likeness (QED) is 0.0534. The number of rotatable bonds is 11. The zero-order chi connectivity index (χ0) is 40.4. The van der Waals surface area contributed by atoms with E-state index in [1.54, 1.807) is 0 Å². The molecule has 0 amide bonds. The normalized spacial score (nSPS) is 27.9. The summed E-state index contributed by atoms with van der Waals surface area (Å²) in [5.41, 5.74) is 0.549. The largest absolute Gasteiger partial charge is 0.507 e. The highest BCUT2D eigenvalue weighted by molar-refractivity contribution is 5.89. The SMILES string of the molecule is COc1cc(-c2[o+]c3cc(O)cc(O)c3cc2O[C@@H]2O[C@H](COC(=O)/C=C/c3ccc(O)c(O[C@@H]4O[C@H](CO)[C@@H](O)[C@H](O)[C@H]4O)c3)[C@@H](O)[C@H](O)[C@@H]2O)ccc1O. The first-order valence-electron chi connectivity index (χ1n) is 16.9. The Bertz CT molecular complexity index is 2070. The Labute approximate surface area is 316 Å². The number of aromatic hydroxyl groups is 4. The summed E-state index contributed by atoms with van der Waals surface area (Å²) in [7, 11) is 1.32. The number of aliphatic hydroxyl groups is 7. The van der Waals surface area contributed by atoms with Gasteiger partial charge < -0.3 is 84.6 Å². The molecule has 0 bridgehead atoms. The van der Waals surface area contributed by atoms with Crippen molar-refractivity contribution in [3.8, 4) is 51.6 Å². The molecule has 2 aliphatic rings. The summed E-state index contributed by atoms with van der Waals surface area (Å²) in [6.07, 6.45) is -14.4. The van der Waals surface area contributed by atoms with Crippen molar-refractivity contribution in [2.45, 2.75) is 61.4 Å². The van der Waals surface area contributed by atoms with Gasteiger partial charge in [-0.2, -0.15) is 0 Å². The van der Waals surface area contributed by atoms with E-state index < -0.39 is 92.1 Å². The summed E-state index contributed by atoms with van der Waals surface area (Å²) < 4.78 is 38.9. The van der Waals surface area contributed by atoms with E-state index >= 15 is 0 Å². The molecule has 2 saturated heterocycles. The second-order valence-electron chi connectivity index (χ2n) is 12.8. The van der Waals surface area contributed by atoms with Crippen LogP contribution in [0.25, 0.3) is 28.4 Å². The van der Waals surface area contributed by atoms with Crippen molar-refractivity contribution in [1.82, 2.24) is 0 Å². The second-order valence-corrected chi connectivity index (χ2v) is 12.8. The fourth-order valence-electron chi connectivity index (χ4n) is 5.96. The van der Waals surface area contributed by atoms with Gasteiger partial charge in [0.15, 0.2) is 23.0 Å². The number of benzene rings is 3. The van der Waals surface area contributed by atoms with Gasteiger partial charge in [0.1, 0.15) is 72.3 Å². The van der Waals surface area contributed by atoms with Crippen LogP contribution in [0.3, 0.4) is 0 Å². The summed E-state index contributed by atoms with van der Waals surface area (Å²) >= 11 is 0. The monoisotopic (exact) mass is 787 g/mol. The molecular formula is C37H39O19+. The predicted octanol–water partition coefficient (Wildman–Crippen LogP) is -0.166. The Kier molecular flexibility index (Phi) is 12.0. The molecule has 300 valence electrons. The smallest absolute Gasteiger partial charge is 0.402 e. The van der Waals surface area contributed by atoms with E-state index in [0.29, 0.717) is 0 Å². The molecular weight excluding hydrogens is 748 g/mol. The Balaban J connectivity index is 1.16. The van der Waals surface area contributed by atoms with E-state index in [1.165, 1.54) is 61.7 Å². The van der Waals surface area contributed by atoms with Crippen LogP contribution < -0.4 is 14.2 Å². The standard InChI is InChI=1S/C37H38O19/c1-50-23-9-16(4-6-19(23)40)35-25(12-18-21(42)10-17(39)11-22(18)52-35)54-37-34(49)32(47)30(45)27(56-37)14-51-28(43)7-3-15-2-5-20(41)24(8-15)53-36-33(48)31(46)29(44)26(13-38)55-36/h2-12,26-27,29-34,36-38,44-49H,13-14H2,1H3,(H3-,39,40,41,42,43)/p+1/t26-,27-,29-,30-,31+,32+,33-,34+,36-,37-/m1/s1. The zero-order valence-electron chi connectivity index (χ0n) is 29.2. The lowest BCUT2D eigenvalue weighted by Crippen LogP contribution is -2.60. The average Bonchev–Trinajstić information content (AvgIpc) is 3.18. The minimum Gasteiger partial charge on any atom is -0.507 e. The van der Waals surface area contributed by atoms with Crippen LogP contribution in [0.4, 0.5) is 0 Å². The number of hydrogen-bond donors (Lipinski definition) is 11. The molecule has 2 fully saturated rings. The van der Waals surface area contributed by atoms with Crippen LogP contribution in [-0.2, 0) is 19.0 Å². The van der Waals surface area contributed by atoms with Crippen LogP contribution in [0.2, 0.25) is 0 Å². The lowest BCUT2D eigenvalue weighted by atomic mass is 9.99. The van der Waals surface area contributed by atoms with Gasteiger partial charge in [0.05, 0.1) is 25.3 Å². The number of esters is 1. The van der Waals surface area contributed by atoms with Gasteiger partial charge in [-0.1, -0.05) is 6.07 Å². The van der Waals surface area contributed by atoms with Gasteiger partial charge in [0, 0.05) is 24.3 Å². The number of ether oxygens (including phenoxy) is 6. The molecule has 11 N–H and O–H groups in total. The van der Waals surface area contributed by atoms with E-state index in [-0.39, 0.29) is 56.6 Å². The van der Waals surface area contributed by atoms with E-state index in [2.05, 4.69) is 0 Å². The first kappa shape index (κ1) is 40.2. The van der Waals surface area contributed by atoms with Crippen LogP contribution in [0.1, 0.15) is 5.56 Å². The molecule has 56 heavy (non-hydrogen) atoms. The molecule has 3 heterocycles. The third kappa shape index (κ3) is 8.35. The molecule has 19 nitrogen and oxygen atoms in total. The fourth-order valence-corrected chi connectivity index (χ4v) is 5.96. The van der Waals surface area contributed by atoms with Crippen LogP contribution in [0.5, 0.6) is 40.2 Å². The Morgan fingerprint density at radius 2 is 1.34 bits per heavy atom. The van der Waals surface area contributed by atoms with Crippen molar-refractivity contribution < 1.29 is 93.8 Å². The van der Waals surface area contributed by atoms with Crippen molar-refractivity contribution in [3.63, 3.8) is 0 Å². The molecule has 3 aromatic carbocycles. The highest BCUT2D eigenvalue weighted by Gasteiger charge is 2.47. The zero-order valence-corrected chi connectivity index (χ0v) is 29.2. The maximum atomic E-state index is 12.7. The molecule has 0 radical (unpaired) electrons. The maximum Gasteiger partial charge on any atom is 0.402 e. The first-order chi connectivity index (χ1) is 26.7. The minimum atomic E-state index is -1.87. The van der Waals surface area contributed by atoms with E-state index in [1.807, 2.05) is 0 Å². The minimum absolute atomic E-state index is 0.0140. The number of phenols is 4. The molecule has 6 rings (SSSR count). The van der Waals surface area contributed by atoms with Gasteiger partial charge in [0.2, 0.25) is 18.3 Å². The predicted molar refractivity (Wildman–Crippen MR) is 187 cm³/mol. The topological polar surface area (TPSA) is 306 Å². The first-order valence-corrected chi connectivity index (χ1v) is 16.9.